The molecule has 2 amide bonds. The number of amides is 2. The highest BCUT2D eigenvalue weighted by molar-refractivity contribution is 5.74. The maximum atomic E-state index is 12.0. The van der Waals surface area contributed by atoms with Crippen LogP contribution in [0, 0.1) is 6.92 Å². The van der Waals surface area contributed by atoms with E-state index in [2.05, 4.69) is 5.32 Å². The molecule has 0 spiro atoms. The van der Waals surface area contributed by atoms with Crippen LogP contribution in [0.2, 0.25) is 0 Å². The number of nitrogens with zero attached hydrogens (tertiary/aromatic N) is 1. The van der Waals surface area contributed by atoms with Crippen molar-refractivity contribution >= 4 is 6.03 Å². The summed E-state index contributed by atoms with van der Waals surface area (Å²) in [7, 11) is 1.66. The van der Waals surface area contributed by atoms with E-state index in [-0.39, 0.29) is 12.6 Å². The first-order chi connectivity index (χ1) is 9.73. The monoisotopic (exact) mass is 294 g/mol. The van der Waals surface area contributed by atoms with Crippen LogP contribution in [0.1, 0.15) is 31.9 Å². The molecule has 0 bridgehead atoms. The van der Waals surface area contributed by atoms with Crippen molar-refractivity contribution in [2.75, 3.05) is 20.2 Å². The summed E-state index contributed by atoms with van der Waals surface area (Å²) in [6.07, 6.45) is 0. The lowest BCUT2D eigenvalue weighted by molar-refractivity contribution is 0.0531. The molecule has 1 aromatic carbocycles. The van der Waals surface area contributed by atoms with Gasteiger partial charge in [-0.25, -0.2) is 4.79 Å². The first kappa shape index (κ1) is 17.3. The normalized spacial score (nSPS) is 11.1. The number of ether oxygens (including phenoxy) is 1. The Kier molecular flexibility index (Phi) is 6.03. The highest BCUT2D eigenvalue weighted by Crippen LogP contribution is 2.20. The van der Waals surface area contributed by atoms with E-state index in [0.29, 0.717) is 13.2 Å². The van der Waals surface area contributed by atoms with Crippen molar-refractivity contribution < 1.29 is 14.6 Å². The zero-order valence-corrected chi connectivity index (χ0v) is 13.6. The van der Waals surface area contributed by atoms with Crippen LogP contribution in [0.25, 0.3) is 0 Å². The molecule has 0 aliphatic heterocycles. The average Bonchev–Trinajstić information content (AvgIpc) is 2.35. The van der Waals surface area contributed by atoms with Crippen molar-refractivity contribution in [2.45, 2.75) is 39.8 Å². The van der Waals surface area contributed by atoms with Gasteiger partial charge in [-0.15, -0.1) is 0 Å². The van der Waals surface area contributed by atoms with E-state index in [1.54, 1.807) is 20.9 Å². The fourth-order valence-corrected chi connectivity index (χ4v) is 2.06. The molecule has 5 nitrogen and oxygen atoms in total. The van der Waals surface area contributed by atoms with E-state index in [4.69, 9.17) is 4.74 Å². The summed E-state index contributed by atoms with van der Waals surface area (Å²) in [6.45, 7) is 8.52. The van der Waals surface area contributed by atoms with Crippen molar-refractivity contribution in [1.29, 1.82) is 0 Å². The maximum Gasteiger partial charge on any atom is 0.317 e. The smallest absolute Gasteiger partial charge is 0.317 e. The number of likely N-dealkylation sites (N-methyl/N-ethyl adjacent to an activating group) is 1. The first-order valence-corrected chi connectivity index (χ1v) is 7.16. The second kappa shape index (κ2) is 7.31. The number of carbonyl (C=O) groups excluding carboxylic acids is 1. The van der Waals surface area contributed by atoms with Gasteiger partial charge in [0.2, 0.25) is 0 Å². The minimum Gasteiger partial charge on any atom is -0.494 e. The topological polar surface area (TPSA) is 61.8 Å². The molecule has 21 heavy (non-hydrogen) atoms. The molecule has 0 aromatic heterocycles. The molecule has 1 rings (SSSR count). The second-order valence-corrected chi connectivity index (χ2v) is 5.87. The molecule has 0 radical (unpaired) electrons. The minimum atomic E-state index is -0.910. The summed E-state index contributed by atoms with van der Waals surface area (Å²) in [4.78, 5) is 13.5. The van der Waals surface area contributed by atoms with Crippen LogP contribution in [0.3, 0.4) is 0 Å². The van der Waals surface area contributed by atoms with Gasteiger partial charge in [-0.05, 0) is 39.3 Å². The van der Waals surface area contributed by atoms with Gasteiger partial charge in [0.15, 0.2) is 0 Å². The Bertz CT molecular complexity index is 481. The Balaban J connectivity index is 2.64. The van der Waals surface area contributed by atoms with Crippen LogP contribution in [-0.2, 0) is 6.54 Å². The number of aryl methyl sites for hydroxylation is 1. The largest absolute Gasteiger partial charge is 0.494 e. The standard InChI is InChI=1S/C16H26N2O3/c1-6-21-14-9-12(2)7-8-13(14)10-17-15(19)18(5)11-16(3,4)20/h7-9,20H,6,10-11H2,1-5H3,(H,17,19). The fraction of sp³-hybridized carbons (Fsp3) is 0.562. The van der Waals surface area contributed by atoms with Gasteiger partial charge < -0.3 is 20.1 Å². The number of hydrogen-bond donors (Lipinski definition) is 2. The van der Waals surface area contributed by atoms with Gasteiger partial charge in [0, 0.05) is 19.2 Å². The number of nitrogens with one attached hydrogen (secondary N) is 1. The summed E-state index contributed by atoms with van der Waals surface area (Å²) in [6, 6.07) is 5.69. The molecule has 5 heteroatoms. The number of rotatable bonds is 6. The van der Waals surface area contributed by atoms with Crippen LogP contribution >= 0.6 is 0 Å². The van der Waals surface area contributed by atoms with Gasteiger partial charge in [0.05, 0.1) is 18.8 Å². The van der Waals surface area contributed by atoms with E-state index in [1.165, 1.54) is 4.90 Å². The Morgan fingerprint density at radius 2 is 2.10 bits per heavy atom. The van der Waals surface area contributed by atoms with Crippen LogP contribution in [0.5, 0.6) is 5.75 Å². The Morgan fingerprint density at radius 1 is 1.43 bits per heavy atom. The zero-order valence-electron chi connectivity index (χ0n) is 13.6. The molecule has 0 saturated heterocycles. The lowest BCUT2D eigenvalue weighted by atomic mass is 10.1. The third-order valence-electron chi connectivity index (χ3n) is 2.92. The summed E-state index contributed by atoms with van der Waals surface area (Å²) in [5.41, 5.74) is 1.15. The van der Waals surface area contributed by atoms with Crippen LogP contribution in [0.15, 0.2) is 18.2 Å². The van der Waals surface area contributed by atoms with Gasteiger partial charge in [0.25, 0.3) is 0 Å². The van der Waals surface area contributed by atoms with Crippen molar-refractivity contribution in [2.24, 2.45) is 0 Å². The molecule has 2 N–H and O–H groups in total. The first-order valence-electron chi connectivity index (χ1n) is 7.16. The summed E-state index contributed by atoms with van der Waals surface area (Å²) in [5, 5.41) is 12.6. The van der Waals surface area contributed by atoms with Crippen molar-refractivity contribution in [1.82, 2.24) is 10.2 Å². The predicted octanol–water partition coefficient (Wildman–Crippen LogP) is 2.31. The summed E-state index contributed by atoms with van der Waals surface area (Å²) >= 11 is 0. The number of hydrogen-bond acceptors (Lipinski definition) is 3. The quantitative estimate of drug-likeness (QED) is 0.846. The Hall–Kier alpha value is -1.75. The highest BCUT2D eigenvalue weighted by Gasteiger charge is 2.19. The molecule has 1 aromatic rings. The minimum absolute atomic E-state index is 0.222. The van der Waals surface area contributed by atoms with Crippen molar-refractivity contribution in [3.8, 4) is 5.75 Å². The molecule has 0 unspecified atom stereocenters. The third-order valence-corrected chi connectivity index (χ3v) is 2.92. The number of urea groups is 1. The molecule has 0 aliphatic rings. The van der Waals surface area contributed by atoms with E-state index in [9.17, 15) is 9.90 Å². The molecule has 0 heterocycles. The lowest BCUT2D eigenvalue weighted by Crippen LogP contribution is -2.44. The predicted molar refractivity (Wildman–Crippen MR) is 83.5 cm³/mol. The Morgan fingerprint density at radius 3 is 2.67 bits per heavy atom. The highest BCUT2D eigenvalue weighted by atomic mass is 16.5. The molecular formula is C16H26N2O3. The van der Waals surface area contributed by atoms with E-state index >= 15 is 0 Å². The molecule has 118 valence electrons. The molecule has 0 fully saturated rings. The third kappa shape index (κ3) is 6.04. The van der Waals surface area contributed by atoms with Crippen LogP contribution in [-0.4, -0.2) is 41.8 Å². The van der Waals surface area contributed by atoms with Crippen LogP contribution < -0.4 is 10.1 Å². The zero-order chi connectivity index (χ0) is 16.0. The fourth-order valence-electron chi connectivity index (χ4n) is 2.06. The van der Waals surface area contributed by atoms with Gasteiger partial charge in [-0.2, -0.15) is 0 Å². The van der Waals surface area contributed by atoms with Crippen molar-refractivity contribution in [3.63, 3.8) is 0 Å². The van der Waals surface area contributed by atoms with Gasteiger partial charge >= 0.3 is 6.03 Å². The SMILES string of the molecule is CCOc1cc(C)ccc1CNC(=O)N(C)CC(C)(C)O. The van der Waals surface area contributed by atoms with E-state index < -0.39 is 5.60 Å². The molecule has 0 aliphatic carbocycles. The van der Waals surface area contributed by atoms with Gasteiger partial charge in [0.1, 0.15) is 5.75 Å². The second-order valence-electron chi connectivity index (χ2n) is 5.87. The number of carbonyl (C=O) groups is 1. The molecule has 0 saturated carbocycles. The van der Waals surface area contributed by atoms with Crippen LogP contribution in [0.4, 0.5) is 4.79 Å². The summed E-state index contributed by atoms with van der Waals surface area (Å²) in [5.74, 6) is 0.794. The average molecular weight is 294 g/mol. The number of benzene rings is 1. The molecular weight excluding hydrogens is 268 g/mol. The van der Waals surface area contributed by atoms with Gasteiger partial charge in [-0.1, -0.05) is 12.1 Å². The lowest BCUT2D eigenvalue weighted by Gasteiger charge is -2.25. The maximum absolute atomic E-state index is 12.0. The Labute approximate surface area is 126 Å². The van der Waals surface area contributed by atoms with Gasteiger partial charge in [-0.3, -0.25) is 0 Å². The molecule has 0 atom stereocenters. The number of aliphatic hydroxyl groups is 1. The summed E-state index contributed by atoms with van der Waals surface area (Å²) < 4.78 is 5.59. The van der Waals surface area contributed by atoms with Crippen molar-refractivity contribution in [3.05, 3.63) is 29.3 Å². The van der Waals surface area contributed by atoms with E-state index in [1.807, 2.05) is 32.0 Å². The van der Waals surface area contributed by atoms with E-state index in [0.717, 1.165) is 16.9 Å².